The minimum Gasteiger partial charge on any atom is -0.381 e. The number of aromatic nitrogens is 1. The molecule has 0 bridgehead atoms. The quantitative estimate of drug-likeness (QED) is 0.924. The molecular weight excluding hydrogens is 308 g/mol. The lowest BCUT2D eigenvalue weighted by Crippen LogP contribution is -2.33. The van der Waals surface area contributed by atoms with Crippen LogP contribution >= 0.6 is 15.9 Å². The Bertz CT molecular complexity index is 462. The summed E-state index contributed by atoms with van der Waals surface area (Å²) in [4.78, 5) is 12.3. The van der Waals surface area contributed by atoms with Crippen LogP contribution < -0.4 is 5.32 Å². The Kier molecular flexibility index (Phi) is 3.93. The number of carbonyl (C=O) groups is 1. The molecule has 0 atom stereocenters. The van der Waals surface area contributed by atoms with Gasteiger partial charge in [-0.05, 0) is 53.6 Å². The van der Waals surface area contributed by atoms with Gasteiger partial charge in [0.05, 0.1) is 0 Å². The molecule has 5 heteroatoms. The van der Waals surface area contributed by atoms with Crippen molar-refractivity contribution in [2.24, 2.45) is 5.92 Å². The van der Waals surface area contributed by atoms with Gasteiger partial charge in [-0.25, -0.2) is 0 Å². The van der Waals surface area contributed by atoms with Crippen LogP contribution in [0.4, 0.5) is 0 Å². The van der Waals surface area contributed by atoms with Gasteiger partial charge in [-0.15, -0.1) is 0 Å². The maximum absolute atomic E-state index is 12.3. The summed E-state index contributed by atoms with van der Waals surface area (Å²) < 4.78 is 8.41. The molecular formula is C14H19BrN2O2. The van der Waals surface area contributed by atoms with Crippen LogP contribution in [0.2, 0.25) is 0 Å². The number of nitrogens with one attached hydrogen (secondary N) is 1. The fourth-order valence-electron chi connectivity index (χ4n) is 2.56. The Labute approximate surface area is 121 Å². The number of carbonyl (C=O) groups excluding carboxylic acids is 1. The van der Waals surface area contributed by atoms with E-state index in [1.807, 2.05) is 12.3 Å². The molecule has 0 spiro atoms. The number of rotatable bonds is 4. The molecule has 2 fully saturated rings. The molecule has 1 saturated carbocycles. The lowest BCUT2D eigenvalue weighted by atomic mass is 10.0. The molecule has 1 aromatic rings. The highest BCUT2D eigenvalue weighted by molar-refractivity contribution is 9.10. The molecule has 1 aromatic heterocycles. The average Bonchev–Trinajstić information content (AvgIpc) is 3.20. The largest absolute Gasteiger partial charge is 0.381 e. The van der Waals surface area contributed by atoms with Crippen LogP contribution in [-0.4, -0.2) is 30.2 Å². The summed E-state index contributed by atoms with van der Waals surface area (Å²) in [6.07, 6.45) is 6.48. The van der Waals surface area contributed by atoms with E-state index in [0.717, 1.165) is 42.8 Å². The second-order valence-electron chi connectivity index (χ2n) is 5.45. The van der Waals surface area contributed by atoms with Crippen LogP contribution in [0.25, 0.3) is 0 Å². The van der Waals surface area contributed by atoms with Crippen molar-refractivity contribution in [3.63, 3.8) is 0 Å². The number of nitrogens with zero attached hydrogens (tertiary/aromatic N) is 1. The third-order valence-electron chi connectivity index (χ3n) is 3.88. The normalized spacial score (nSPS) is 20.5. The van der Waals surface area contributed by atoms with Crippen LogP contribution in [0.1, 0.15) is 42.2 Å². The van der Waals surface area contributed by atoms with Crippen molar-refractivity contribution in [2.45, 2.75) is 31.7 Å². The lowest BCUT2D eigenvalue weighted by Gasteiger charge is -2.22. The van der Waals surface area contributed by atoms with E-state index in [2.05, 4.69) is 25.8 Å². The van der Waals surface area contributed by atoms with Crippen molar-refractivity contribution in [3.8, 4) is 0 Å². The Balaban J connectivity index is 1.60. The highest BCUT2D eigenvalue weighted by atomic mass is 79.9. The molecule has 2 aliphatic rings. The van der Waals surface area contributed by atoms with Gasteiger partial charge in [0.1, 0.15) is 5.69 Å². The maximum atomic E-state index is 12.3. The minimum absolute atomic E-state index is 0.0455. The summed E-state index contributed by atoms with van der Waals surface area (Å²) in [5.41, 5.74) is 0.779. The lowest BCUT2D eigenvalue weighted by molar-refractivity contribution is 0.0641. The number of ether oxygens (including phenoxy) is 1. The zero-order chi connectivity index (χ0) is 13.2. The molecule has 4 nitrogen and oxygen atoms in total. The first-order valence-electron chi connectivity index (χ1n) is 6.97. The first-order chi connectivity index (χ1) is 9.24. The van der Waals surface area contributed by atoms with Gasteiger partial charge in [0.2, 0.25) is 0 Å². The smallest absolute Gasteiger partial charge is 0.267 e. The van der Waals surface area contributed by atoms with E-state index >= 15 is 0 Å². The van der Waals surface area contributed by atoms with Gasteiger partial charge in [-0.3, -0.25) is 4.79 Å². The van der Waals surface area contributed by atoms with E-state index < -0.39 is 0 Å². The van der Waals surface area contributed by atoms with Gasteiger partial charge in [0.25, 0.3) is 5.91 Å². The van der Waals surface area contributed by atoms with E-state index in [0.29, 0.717) is 12.0 Å². The standard InChI is InChI=1S/C14H19BrN2O2/c15-11-7-13(17(9-11)12-1-2-12)14(18)16-8-10-3-5-19-6-4-10/h7,9-10,12H,1-6,8H2,(H,16,18). The third kappa shape index (κ3) is 3.20. The Morgan fingerprint density at radius 2 is 2.11 bits per heavy atom. The second kappa shape index (κ2) is 5.67. The van der Waals surface area contributed by atoms with Crippen LogP contribution in [-0.2, 0) is 4.74 Å². The summed E-state index contributed by atoms with van der Waals surface area (Å²) in [5, 5.41) is 3.07. The molecule has 2 heterocycles. The monoisotopic (exact) mass is 326 g/mol. The first kappa shape index (κ1) is 13.2. The van der Waals surface area contributed by atoms with Gasteiger partial charge < -0.3 is 14.6 Å². The molecule has 19 heavy (non-hydrogen) atoms. The van der Waals surface area contributed by atoms with Gasteiger partial charge >= 0.3 is 0 Å². The summed E-state index contributed by atoms with van der Waals surface area (Å²) in [7, 11) is 0. The van der Waals surface area contributed by atoms with Gasteiger partial charge in [-0.1, -0.05) is 0 Å². The number of amides is 1. The fraction of sp³-hybridized carbons (Fsp3) is 0.643. The van der Waals surface area contributed by atoms with Gasteiger partial charge in [0, 0.05) is 36.5 Å². The molecule has 1 aliphatic carbocycles. The molecule has 0 unspecified atom stereocenters. The molecule has 0 aromatic carbocycles. The summed E-state index contributed by atoms with van der Waals surface area (Å²) in [6.45, 7) is 2.41. The van der Waals surface area contributed by atoms with Crippen molar-refractivity contribution in [1.82, 2.24) is 9.88 Å². The van der Waals surface area contributed by atoms with E-state index in [9.17, 15) is 4.79 Å². The predicted molar refractivity (Wildman–Crippen MR) is 76.3 cm³/mol. The van der Waals surface area contributed by atoms with Crippen molar-refractivity contribution in [1.29, 1.82) is 0 Å². The van der Waals surface area contributed by atoms with Crippen molar-refractivity contribution < 1.29 is 9.53 Å². The molecule has 1 aliphatic heterocycles. The molecule has 1 saturated heterocycles. The zero-order valence-electron chi connectivity index (χ0n) is 10.9. The molecule has 0 radical (unpaired) electrons. The molecule has 1 amide bonds. The summed E-state index contributed by atoms with van der Waals surface area (Å²) >= 11 is 3.46. The Hall–Kier alpha value is -0.810. The molecule has 1 N–H and O–H groups in total. The zero-order valence-corrected chi connectivity index (χ0v) is 12.5. The van der Waals surface area contributed by atoms with Crippen molar-refractivity contribution in [3.05, 3.63) is 22.4 Å². The molecule has 3 rings (SSSR count). The highest BCUT2D eigenvalue weighted by Gasteiger charge is 2.28. The topological polar surface area (TPSA) is 43.3 Å². The highest BCUT2D eigenvalue weighted by Crippen LogP contribution is 2.37. The molecule has 104 valence electrons. The predicted octanol–water partition coefficient (Wildman–Crippen LogP) is 2.74. The number of halogens is 1. The number of hydrogen-bond acceptors (Lipinski definition) is 2. The average molecular weight is 327 g/mol. The fourth-order valence-corrected chi connectivity index (χ4v) is 3.00. The van der Waals surface area contributed by atoms with Crippen LogP contribution in [0.3, 0.4) is 0 Å². The second-order valence-corrected chi connectivity index (χ2v) is 6.36. The Morgan fingerprint density at radius 1 is 1.37 bits per heavy atom. The summed E-state index contributed by atoms with van der Waals surface area (Å²) in [6, 6.07) is 2.44. The van der Waals surface area contributed by atoms with Crippen LogP contribution in [0, 0.1) is 5.92 Å². The first-order valence-corrected chi connectivity index (χ1v) is 7.76. The maximum Gasteiger partial charge on any atom is 0.267 e. The Morgan fingerprint density at radius 3 is 2.79 bits per heavy atom. The van der Waals surface area contributed by atoms with Crippen molar-refractivity contribution >= 4 is 21.8 Å². The van der Waals surface area contributed by atoms with Crippen LogP contribution in [0.15, 0.2) is 16.7 Å². The van der Waals surface area contributed by atoms with E-state index in [1.54, 1.807) is 0 Å². The summed E-state index contributed by atoms with van der Waals surface area (Å²) in [5.74, 6) is 0.606. The van der Waals surface area contributed by atoms with Gasteiger partial charge in [0.15, 0.2) is 0 Å². The van der Waals surface area contributed by atoms with Crippen molar-refractivity contribution in [2.75, 3.05) is 19.8 Å². The van der Waals surface area contributed by atoms with Gasteiger partial charge in [-0.2, -0.15) is 0 Å². The minimum atomic E-state index is 0.0455. The van der Waals surface area contributed by atoms with E-state index in [-0.39, 0.29) is 5.91 Å². The van der Waals surface area contributed by atoms with E-state index in [4.69, 9.17) is 4.74 Å². The van der Waals surface area contributed by atoms with E-state index in [1.165, 1.54) is 12.8 Å². The SMILES string of the molecule is O=C(NCC1CCOCC1)c1cc(Br)cn1C1CC1. The third-order valence-corrected chi connectivity index (χ3v) is 4.31. The van der Waals surface area contributed by atoms with Crippen LogP contribution in [0.5, 0.6) is 0 Å². The number of hydrogen-bond donors (Lipinski definition) is 1.